The fourth-order valence-corrected chi connectivity index (χ4v) is 2.24. The Morgan fingerprint density at radius 1 is 1.16 bits per heavy atom. The van der Waals surface area contributed by atoms with Crippen molar-refractivity contribution in [3.8, 4) is 0 Å². The Labute approximate surface area is 110 Å². The van der Waals surface area contributed by atoms with Crippen molar-refractivity contribution in [1.29, 1.82) is 0 Å². The van der Waals surface area contributed by atoms with E-state index in [1.807, 2.05) is 18.2 Å². The first kappa shape index (κ1) is 13.9. The van der Waals surface area contributed by atoms with Crippen LogP contribution in [0.4, 0.5) is 13.2 Å². The molecular formula is C15H16F3N. The van der Waals surface area contributed by atoms with Crippen molar-refractivity contribution in [2.75, 3.05) is 0 Å². The third-order valence-electron chi connectivity index (χ3n) is 3.23. The standard InChI is InChI=1S/C15H16F3N/c1-2-4-10-5-3-6-11-9-12(7-8-13(10)11)14(19)15(16,17)18/h3,5-9,14H,2,4,19H2,1H3/t14-/m0/s1. The van der Waals surface area contributed by atoms with Crippen molar-refractivity contribution in [2.45, 2.75) is 32.0 Å². The van der Waals surface area contributed by atoms with Crippen molar-refractivity contribution < 1.29 is 13.2 Å². The summed E-state index contributed by atoms with van der Waals surface area (Å²) in [5, 5.41) is 1.81. The van der Waals surface area contributed by atoms with Gasteiger partial charge in [0.25, 0.3) is 0 Å². The normalized spacial score (nSPS) is 13.7. The van der Waals surface area contributed by atoms with Gasteiger partial charge >= 0.3 is 6.18 Å². The average molecular weight is 267 g/mol. The van der Waals surface area contributed by atoms with E-state index in [9.17, 15) is 13.2 Å². The second-order valence-electron chi connectivity index (χ2n) is 4.67. The second kappa shape index (κ2) is 5.21. The van der Waals surface area contributed by atoms with Gasteiger partial charge in [0.1, 0.15) is 6.04 Å². The summed E-state index contributed by atoms with van der Waals surface area (Å²) >= 11 is 0. The van der Waals surface area contributed by atoms with Crippen LogP contribution in [0, 0.1) is 0 Å². The summed E-state index contributed by atoms with van der Waals surface area (Å²) in [6.45, 7) is 2.08. The molecule has 0 saturated carbocycles. The predicted octanol–water partition coefficient (Wildman–Crippen LogP) is 4.35. The minimum absolute atomic E-state index is 0.105. The lowest BCUT2D eigenvalue weighted by Crippen LogP contribution is -2.28. The summed E-state index contributed by atoms with van der Waals surface area (Å²) in [5.74, 6) is 0. The van der Waals surface area contributed by atoms with Gasteiger partial charge < -0.3 is 5.73 Å². The van der Waals surface area contributed by atoms with Gasteiger partial charge in [-0.05, 0) is 34.4 Å². The Morgan fingerprint density at radius 2 is 1.89 bits per heavy atom. The molecule has 0 heterocycles. The molecule has 0 amide bonds. The first-order valence-electron chi connectivity index (χ1n) is 6.27. The minimum Gasteiger partial charge on any atom is -0.316 e. The fraction of sp³-hybridized carbons (Fsp3) is 0.333. The first-order chi connectivity index (χ1) is 8.93. The van der Waals surface area contributed by atoms with Gasteiger partial charge in [-0.3, -0.25) is 0 Å². The highest BCUT2D eigenvalue weighted by atomic mass is 19.4. The molecule has 0 saturated heterocycles. The van der Waals surface area contributed by atoms with Crippen LogP contribution in [0.15, 0.2) is 36.4 Å². The SMILES string of the molecule is CCCc1cccc2cc([C@H](N)C(F)(F)F)ccc12. The lowest BCUT2D eigenvalue weighted by atomic mass is 9.97. The summed E-state index contributed by atoms with van der Waals surface area (Å²) in [7, 11) is 0. The maximum atomic E-state index is 12.6. The van der Waals surface area contributed by atoms with Crippen LogP contribution in [-0.2, 0) is 6.42 Å². The van der Waals surface area contributed by atoms with E-state index in [4.69, 9.17) is 5.73 Å². The first-order valence-corrected chi connectivity index (χ1v) is 6.27. The molecule has 0 unspecified atom stereocenters. The third-order valence-corrected chi connectivity index (χ3v) is 3.23. The predicted molar refractivity (Wildman–Crippen MR) is 70.9 cm³/mol. The van der Waals surface area contributed by atoms with Crippen LogP contribution in [0.3, 0.4) is 0 Å². The summed E-state index contributed by atoms with van der Waals surface area (Å²) in [4.78, 5) is 0. The molecule has 2 aromatic rings. The summed E-state index contributed by atoms with van der Waals surface area (Å²) in [6.07, 6.45) is -2.49. The van der Waals surface area contributed by atoms with Gasteiger partial charge in [-0.2, -0.15) is 13.2 Å². The van der Waals surface area contributed by atoms with Gasteiger partial charge in [-0.1, -0.05) is 43.7 Å². The number of hydrogen-bond donors (Lipinski definition) is 1. The molecule has 0 aromatic heterocycles. The van der Waals surface area contributed by atoms with E-state index in [1.54, 1.807) is 6.07 Å². The summed E-state index contributed by atoms with van der Waals surface area (Å²) in [6, 6.07) is 8.52. The molecule has 0 aliphatic heterocycles. The Balaban J connectivity index is 2.47. The van der Waals surface area contributed by atoms with Crippen LogP contribution < -0.4 is 5.73 Å². The Morgan fingerprint density at radius 3 is 2.53 bits per heavy atom. The van der Waals surface area contributed by atoms with Crippen molar-refractivity contribution >= 4 is 10.8 Å². The van der Waals surface area contributed by atoms with E-state index in [2.05, 4.69) is 6.92 Å². The summed E-state index contributed by atoms with van der Waals surface area (Å²) in [5.41, 5.74) is 6.50. The van der Waals surface area contributed by atoms with Crippen LogP contribution in [-0.4, -0.2) is 6.18 Å². The Kier molecular flexibility index (Phi) is 3.80. The van der Waals surface area contributed by atoms with Gasteiger partial charge in [0, 0.05) is 0 Å². The van der Waals surface area contributed by atoms with E-state index in [0.717, 1.165) is 29.2 Å². The quantitative estimate of drug-likeness (QED) is 0.878. The van der Waals surface area contributed by atoms with Crippen LogP contribution in [0.5, 0.6) is 0 Å². The maximum Gasteiger partial charge on any atom is 0.407 e. The van der Waals surface area contributed by atoms with Crippen LogP contribution in [0.25, 0.3) is 10.8 Å². The number of halogens is 3. The van der Waals surface area contributed by atoms with Crippen molar-refractivity contribution in [3.05, 3.63) is 47.5 Å². The Hall–Kier alpha value is -1.55. The zero-order valence-corrected chi connectivity index (χ0v) is 10.7. The van der Waals surface area contributed by atoms with E-state index in [1.165, 1.54) is 12.1 Å². The van der Waals surface area contributed by atoms with Crippen molar-refractivity contribution in [2.24, 2.45) is 5.73 Å². The van der Waals surface area contributed by atoms with Gasteiger partial charge in [-0.25, -0.2) is 0 Å². The molecule has 2 rings (SSSR count). The monoisotopic (exact) mass is 267 g/mol. The number of fused-ring (bicyclic) bond motifs is 1. The average Bonchev–Trinajstić information content (AvgIpc) is 2.37. The largest absolute Gasteiger partial charge is 0.407 e. The number of aryl methyl sites for hydroxylation is 1. The molecule has 19 heavy (non-hydrogen) atoms. The number of benzene rings is 2. The lowest BCUT2D eigenvalue weighted by molar-refractivity contribution is -0.149. The molecule has 4 heteroatoms. The fourth-order valence-electron chi connectivity index (χ4n) is 2.24. The molecule has 1 nitrogen and oxygen atoms in total. The van der Waals surface area contributed by atoms with Gasteiger partial charge in [0.2, 0.25) is 0 Å². The highest BCUT2D eigenvalue weighted by Gasteiger charge is 2.37. The number of alkyl halides is 3. The second-order valence-corrected chi connectivity index (χ2v) is 4.67. The minimum atomic E-state index is -4.41. The maximum absolute atomic E-state index is 12.6. The molecule has 0 bridgehead atoms. The van der Waals surface area contributed by atoms with E-state index < -0.39 is 12.2 Å². The highest BCUT2D eigenvalue weighted by Crippen LogP contribution is 2.32. The van der Waals surface area contributed by atoms with Crippen LogP contribution >= 0.6 is 0 Å². The van der Waals surface area contributed by atoms with Gasteiger partial charge in [0.05, 0.1) is 0 Å². The zero-order chi connectivity index (χ0) is 14.0. The zero-order valence-electron chi connectivity index (χ0n) is 10.7. The molecule has 102 valence electrons. The number of hydrogen-bond acceptors (Lipinski definition) is 1. The molecule has 2 N–H and O–H groups in total. The molecular weight excluding hydrogens is 251 g/mol. The number of nitrogens with two attached hydrogens (primary N) is 1. The molecule has 0 fully saturated rings. The number of rotatable bonds is 3. The van der Waals surface area contributed by atoms with Crippen LogP contribution in [0.2, 0.25) is 0 Å². The van der Waals surface area contributed by atoms with Crippen molar-refractivity contribution in [3.63, 3.8) is 0 Å². The molecule has 0 radical (unpaired) electrons. The third kappa shape index (κ3) is 2.89. The molecule has 0 aliphatic carbocycles. The smallest absolute Gasteiger partial charge is 0.316 e. The molecule has 1 atom stereocenters. The lowest BCUT2D eigenvalue weighted by Gasteiger charge is -2.17. The highest BCUT2D eigenvalue weighted by molar-refractivity contribution is 5.86. The molecule has 0 aliphatic rings. The van der Waals surface area contributed by atoms with Crippen molar-refractivity contribution in [1.82, 2.24) is 0 Å². The van der Waals surface area contributed by atoms with Gasteiger partial charge in [0.15, 0.2) is 0 Å². The van der Waals surface area contributed by atoms with E-state index in [-0.39, 0.29) is 5.56 Å². The van der Waals surface area contributed by atoms with Gasteiger partial charge in [-0.15, -0.1) is 0 Å². The van der Waals surface area contributed by atoms with Crippen LogP contribution in [0.1, 0.15) is 30.5 Å². The topological polar surface area (TPSA) is 26.0 Å². The Bertz CT molecular complexity index is 575. The van der Waals surface area contributed by atoms with E-state index >= 15 is 0 Å². The van der Waals surface area contributed by atoms with E-state index in [0.29, 0.717) is 0 Å². The molecule has 0 spiro atoms. The molecule has 2 aromatic carbocycles. The summed E-state index contributed by atoms with van der Waals surface area (Å²) < 4.78 is 37.8.